The average molecular weight is 621 g/mol. The van der Waals surface area contributed by atoms with E-state index >= 15 is 0 Å². The summed E-state index contributed by atoms with van der Waals surface area (Å²) in [5, 5.41) is 3.18. The molecule has 0 radical (unpaired) electrons. The van der Waals surface area contributed by atoms with Crippen LogP contribution in [0.4, 0.5) is 17.1 Å². The van der Waals surface area contributed by atoms with Gasteiger partial charge in [-0.15, -0.1) is 11.3 Å². The second kappa shape index (κ2) is 11.4. The van der Waals surface area contributed by atoms with E-state index in [1.165, 1.54) is 22.3 Å². The Morgan fingerprint density at radius 2 is 1.02 bits per heavy atom. The molecule has 222 valence electrons. The predicted molar refractivity (Wildman–Crippen MR) is 198 cm³/mol. The van der Waals surface area contributed by atoms with Crippen molar-refractivity contribution in [3.63, 3.8) is 0 Å². The van der Waals surface area contributed by atoms with Crippen molar-refractivity contribution >= 4 is 60.6 Å². The number of hydrogen-bond donors (Lipinski definition) is 0. The van der Waals surface area contributed by atoms with Crippen molar-refractivity contribution in [2.24, 2.45) is 0 Å². The van der Waals surface area contributed by atoms with Crippen LogP contribution in [0.25, 0.3) is 65.0 Å². The molecule has 0 N–H and O–H groups in total. The molecule has 7 aromatic carbocycles. The van der Waals surface area contributed by atoms with E-state index in [-0.39, 0.29) is 0 Å². The number of hydrogen-bond acceptors (Lipinski definition) is 4. The second-order valence-corrected chi connectivity index (χ2v) is 12.6. The van der Waals surface area contributed by atoms with E-state index < -0.39 is 0 Å². The number of para-hydroxylation sites is 1. The molecule has 0 amide bonds. The Morgan fingerprint density at radius 3 is 1.68 bits per heavy atom. The number of anilines is 3. The lowest BCUT2D eigenvalue weighted by molar-refractivity contribution is 0.669. The van der Waals surface area contributed by atoms with Gasteiger partial charge in [0.2, 0.25) is 0 Å². The van der Waals surface area contributed by atoms with Crippen molar-refractivity contribution in [1.82, 2.24) is 4.98 Å². The van der Waals surface area contributed by atoms with Crippen LogP contribution in [-0.2, 0) is 0 Å². The van der Waals surface area contributed by atoms with Gasteiger partial charge < -0.3 is 9.32 Å². The van der Waals surface area contributed by atoms with Crippen molar-refractivity contribution in [2.75, 3.05) is 4.90 Å². The lowest BCUT2D eigenvalue weighted by Gasteiger charge is -2.26. The van der Waals surface area contributed by atoms with Crippen molar-refractivity contribution < 1.29 is 4.42 Å². The molecule has 2 aromatic heterocycles. The van der Waals surface area contributed by atoms with Crippen LogP contribution in [0, 0.1) is 0 Å². The fraction of sp³-hybridized carbons (Fsp3) is 0. The third kappa shape index (κ3) is 4.96. The molecule has 0 spiro atoms. The minimum Gasteiger partial charge on any atom is -0.456 e. The summed E-state index contributed by atoms with van der Waals surface area (Å²) in [5.41, 5.74) is 11.8. The Labute approximate surface area is 276 Å². The monoisotopic (exact) mass is 620 g/mol. The summed E-state index contributed by atoms with van der Waals surface area (Å²) in [6.45, 7) is 0. The Balaban J connectivity index is 1.15. The van der Waals surface area contributed by atoms with E-state index in [4.69, 9.17) is 9.40 Å². The number of benzene rings is 7. The number of rotatable bonds is 6. The quantitative estimate of drug-likeness (QED) is 0.185. The molecule has 2 heterocycles. The number of fused-ring (bicyclic) bond motifs is 4. The average Bonchev–Trinajstić information content (AvgIpc) is 3.73. The van der Waals surface area contributed by atoms with Crippen LogP contribution in [-0.4, -0.2) is 4.98 Å². The number of furan rings is 1. The smallest absolute Gasteiger partial charge is 0.137 e. The number of aromatic nitrogens is 1. The van der Waals surface area contributed by atoms with Crippen LogP contribution >= 0.6 is 11.3 Å². The Kier molecular flexibility index (Phi) is 6.65. The zero-order valence-electron chi connectivity index (χ0n) is 25.4. The fourth-order valence-corrected chi connectivity index (χ4v) is 7.40. The Hall–Kier alpha value is -5.97. The second-order valence-electron chi connectivity index (χ2n) is 11.6. The molecule has 4 heteroatoms. The largest absolute Gasteiger partial charge is 0.456 e. The summed E-state index contributed by atoms with van der Waals surface area (Å²) in [6.07, 6.45) is 0. The zero-order chi connectivity index (χ0) is 31.2. The van der Waals surface area contributed by atoms with Crippen molar-refractivity contribution in [3.8, 4) is 32.8 Å². The van der Waals surface area contributed by atoms with Gasteiger partial charge in [0.15, 0.2) is 0 Å². The molecule has 0 atom stereocenters. The fourth-order valence-electron chi connectivity index (χ4n) is 6.41. The molecule has 0 aliphatic heterocycles. The third-order valence-electron chi connectivity index (χ3n) is 8.71. The van der Waals surface area contributed by atoms with Gasteiger partial charge in [0, 0.05) is 28.4 Å². The molecule has 9 aromatic rings. The van der Waals surface area contributed by atoms with Crippen molar-refractivity contribution in [3.05, 3.63) is 170 Å². The first-order valence-electron chi connectivity index (χ1n) is 15.7. The third-order valence-corrected chi connectivity index (χ3v) is 9.78. The van der Waals surface area contributed by atoms with E-state index in [2.05, 4.69) is 169 Å². The van der Waals surface area contributed by atoms with E-state index in [0.29, 0.717) is 0 Å². The van der Waals surface area contributed by atoms with Crippen molar-refractivity contribution in [1.29, 1.82) is 0 Å². The molecule has 0 bridgehead atoms. The number of nitrogens with zero attached hydrogens (tertiary/aromatic N) is 2. The first-order chi connectivity index (χ1) is 23.3. The van der Waals surface area contributed by atoms with Gasteiger partial charge in [0.25, 0.3) is 0 Å². The topological polar surface area (TPSA) is 29.3 Å². The minimum absolute atomic E-state index is 0.840. The Bertz CT molecular complexity index is 2480. The standard InChI is InChI=1S/C43H28N2OS/c1-4-11-29(12-5-1)30-19-21-31(22-20-30)32-23-25-35(26-24-32)45(34-15-8-3-9-16-34)38-17-10-18-39-42(38)36-27-41-37(28-40(36)46-39)44-43(47-41)33-13-6-2-7-14-33/h1-28H. The SMILES string of the molecule is c1ccc(-c2ccc(-c3ccc(N(c4ccccc4)c4cccc5oc6cc7nc(-c8ccccc8)sc7cc6c45)cc3)cc2)cc1. The highest BCUT2D eigenvalue weighted by molar-refractivity contribution is 7.21. The normalized spacial score (nSPS) is 11.4. The lowest BCUT2D eigenvalue weighted by Crippen LogP contribution is -2.10. The first kappa shape index (κ1) is 27.3. The summed E-state index contributed by atoms with van der Waals surface area (Å²) in [6, 6.07) is 59.7. The van der Waals surface area contributed by atoms with Crippen LogP contribution in [0.1, 0.15) is 0 Å². The maximum atomic E-state index is 6.49. The van der Waals surface area contributed by atoms with Gasteiger partial charge in [-0.2, -0.15) is 0 Å². The molecular weight excluding hydrogens is 593 g/mol. The summed E-state index contributed by atoms with van der Waals surface area (Å²) in [4.78, 5) is 7.28. The van der Waals surface area contributed by atoms with Crippen LogP contribution in [0.5, 0.6) is 0 Å². The molecule has 0 aliphatic carbocycles. The summed E-state index contributed by atoms with van der Waals surface area (Å²) in [7, 11) is 0. The molecule has 47 heavy (non-hydrogen) atoms. The predicted octanol–water partition coefficient (Wildman–Crippen LogP) is 12.7. The zero-order valence-corrected chi connectivity index (χ0v) is 26.2. The highest BCUT2D eigenvalue weighted by Crippen LogP contribution is 2.44. The molecule has 9 rings (SSSR count). The molecular formula is C43H28N2OS. The van der Waals surface area contributed by atoms with Crippen LogP contribution < -0.4 is 4.90 Å². The molecule has 0 aliphatic rings. The van der Waals surface area contributed by atoms with E-state index in [0.717, 1.165) is 59.8 Å². The van der Waals surface area contributed by atoms with Gasteiger partial charge in [-0.3, -0.25) is 0 Å². The highest BCUT2D eigenvalue weighted by Gasteiger charge is 2.20. The summed E-state index contributed by atoms with van der Waals surface area (Å²) in [5.74, 6) is 0. The highest BCUT2D eigenvalue weighted by atomic mass is 32.1. The number of thiazole rings is 1. The maximum absolute atomic E-state index is 6.49. The van der Waals surface area contributed by atoms with Crippen LogP contribution in [0.15, 0.2) is 174 Å². The lowest BCUT2D eigenvalue weighted by atomic mass is 10.00. The van der Waals surface area contributed by atoms with Gasteiger partial charge in [0.05, 0.1) is 21.3 Å². The molecule has 0 fully saturated rings. The van der Waals surface area contributed by atoms with Gasteiger partial charge in [-0.25, -0.2) is 4.98 Å². The van der Waals surface area contributed by atoms with Gasteiger partial charge in [-0.05, 0) is 64.7 Å². The van der Waals surface area contributed by atoms with E-state index in [9.17, 15) is 0 Å². The summed E-state index contributed by atoms with van der Waals surface area (Å²) < 4.78 is 7.64. The van der Waals surface area contributed by atoms with Gasteiger partial charge >= 0.3 is 0 Å². The first-order valence-corrected chi connectivity index (χ1v) is 16.5. The molecule has 0 saturated carbocycles. The van der Waals surface area contributed by atoms with Crippen LogP contribution in [0.3, 0.4) is 0 Å². The van der Waals surface area contributed by atoms with Crippen LogP contribution in [0.2, 0.25) is 0 Å². The minimum atomic E-state index is 0.840. The van der Waals surface area contributed by atoms with E-state index in [1.54, 1.807) is 11.3 Å². The summed E-state index contributed by atoms with van der Waals surface area (Å²) >= 11 is 1.72. The molecule has 0 saturated heterocycles. The van der Waals surface area contributed by atoms with Gasteiger partial charge in [-0.1, -0.05) is 121 Å². The van der Waals surface area contributed by atoms with Gasteiger partial charge in [0.1, 0.15) is 16.2 Å². The van der Waals surface area contributed by atoms with E-state index in [1.807, 2.05) is 6.07 Å². The molecule has 0 unspecified atom stereocenters. The maximum Gasteiger partial charge on any atom is 0.137 e. The van der Waals surface area contributed by atoms with Crippen molar-refractivity contribution in [2.45, 2.75) is 0 Å². The molecule has 3 nitrogen and oxygen atoms in total. The Morgan fingerprint density at radius 1 is 0.468 bits per heavy atom.